The zero-order valence-corrected chi connectivity index (χ0v) is 11.1. The van der Waals surface area contributed by atoms with Gasteiger partial charge in [-0.25, -0.2) is 9.07 Å². The van der Waals surface area contributed by atoms with Gasteiger partial charge in [0.2, 0.25) is 0 Å². The molecule has 1 heterocycles. The lowest BCUT2D eigenvalue weighted by Crippen LogP contribution is -2.21. The van der Waals surface area contributed by atoms with Crippen molar-refractivity contribution in [3.8, 4) is 5.69 Å². The second-order valence-electron chi connectivity index (χ2n) is 5.12. The van der Waals surface area contributed by atoms with E-state index in [1.54, 1.807) is 16.8 Å². The Bertz CT molecular complexity index is 661. The van der Waals surface area contributed by atoms with Gasteiger partial charge in [-0.3, -0.25) is 4.79 Å². The number of aryl methyl sites for hydroxylation is 1. The van der Waals surface area contributed by atoms with Gasteiger partial charge in [-0.1, -0.05) is 0 Å². The predicted octanol–water partition coefficient (Wildman–Crippen LogP) is 2.82. The molecule has 0 saturated heterocycles. The highest BCUT2D eigenvalue weighted by Gasteiger charge is 2.32. The Morgan fingerprint density at radius 2 is 2.10 bits per heavy atom. The van der Waals surface area contributed by atoms with Crippen LogP contribution < -0.4 is 0 Å². The number of benzene rings is 1. The maximum atomic E-state index is 13.0. The normalized spacial score (nSPS) is 17.8. The van der Waals surface area contributed by atoms with Crippen molar-refractivity contribution in [1.29, 1.82) is 0 Å². The zero-order chi connectivity index (χ0) is 14.3. The van der Waals surface area contributed by atoms with Crippen LogP contribution in [0.1, 0.15) is 35.7 Å². The van der Waals surface area contributed by atoms with Gasteiger partial charge in [0.05, 0.1) is 23.0 Å². The summed E-state index contributed by atoms with van der Waals surface area (Å²) in [5.74, 6) is -1.68. The Balaban J connectivity index is 2.17. The molecule has 1 aliphatic rings. The van der Waals surface area contributed by atoms with Gasteiger partial charge >= 0.3 is 5.97 Å². The summed E-state index contributed by atoms with van der Waals surface area (Å²) in [6, 6.07) is 5.96. The second-order valence-corrected chi connectivity index (χ2v) is 5.12. The molecule has 0 aliphatic heterocycles. The lowest BCUT2D eigenvalue weighted by Gasteiger charge is -2.21. The van der Waals surface area contributed by atoms with Crippen molar-refractivity contribution in [2.24, 2.45) is 0 Å². The molecule has 1 atom stereocenters. The first kappa shape index (κ1) is 12.8. The summed E-state index contributed by atoms with van der Waals surface area (Å²) in [6.07, 6.45) is 2.33. The van der Waals surface area contributed by atoms with E-state index < -0.39 is 11.9 Å². The predicted molar refractivity (Wildman–Crippen MR) is 71.6 cm³/mol. The first-order valence-electron chi connectivity index (χ1n) is 6.65. The molecule has 0 fully saturated rings. The number of aromatic nitrogens is 2. The van der Waals surface area contributed by atoms with E-state index in [2.05, 4.69) is 5.10 Å². The number of hydrogen-bond acceptors (Lipinski definition) is 2. The number of rotatable bonds is 2. The first-order valence-corrected chi connectivity index (χ1v) is 6.65. The van der Waals surface area contributed by atoms with Crippen LogP contribution in [0.2, 0.25) is 0 Å². The van der Waals surface area contributed by atoms with Gasteiger partial charge in [-0.2, -0.15) is 5.10 Å². The minimum atomic E-state index is -0.825. The van der Waals surface area contributed by atoms with Crippen LogP contribution in [0.4, 0.5) is 4.39 Å². The van der Waals surface area contributed by atoms with Crippen LogP contribution >= 0.6 is 0 Å². The average Bonchev–Trinajstić information content (AvgIpc) is 2.77. The average molecular weight is 274 g/mol. The van der Waals surface area contributed by atoms with Crippen LogP contribution in [-0.2, 0) is 11.2 Å². The topological polar surface area (TPSA) is 55.1 Å². The van der Waals surface area contributed by atoms with E-state index in [0.29, 0.717) is 12.1 Å². The fourth-order valence-corrected chi connectivity index (χ4v) is 2.88. The maximum absolute atomic E-state index is 13.0. The van der Waals surface area contributed by atoms with Crippen LogP contribution in [0, 0.1) is 12.7 Å². The van der Waals surface area contributed by atoms with Gasteiger partial charge in [-0.15, -0.1) is 0 Å². The molecule has 1 aliphatic carbocycles. The number of carboxylic acids is 1. The molecular weight excluding hydrogens is 259 g/mol. The Kier molecular flexibility index (Phi) is 3.04. The SMILES string of the molecule is Cc1nn(-c2ccc(F)cc2)c2c1CCCC2C(=O)O. The fraction of sp³-hybridized carbons (Fsp3) is 0.333. The molecular formula is C15H15FN2O2. The van der Waals surface area contributed by atoms with E-state index in [0.717, 1.165) is 29.8 Å². The third kappa shape index (κ3) is 1.99. The first-order chi connectivity index (χ1) is 9.58. The van der Waals surface area contributed by atoms with Crippen molar-refractivity contribution >= 4 is 5.97 Å². The molecule has 1 N–H and O–H groups in total. The molecule has 1 aromatic carbocycles. The third-order valence-corrected chi connectivity index (χ3v) is 3.84. The molecule has 0 amide bonds. The molecule has 3 rings (SSSR count). The van der Waals surface area contributed by atoms with Crippen molar-refractivity contribution in [3.05, 3.63) is 47.0 Å². The standard InChI is InChI=1S/C15H15FN2O2/c1-9-12-3-2-4-13(15(19)20)14(12)18(17-9)11-7-5-10(16)6-8-11/h5-8,13H,2-4H2,1H3,(H,19,20). The van der Waals surface area contributed by atoms with Crippen LogP contribution in [-0.4, -0.2) is 20.9 Å². The van der Waals surface area contributed by atoms with Crippen molar-refractivity contribution in [2.75, 3.05) is 0 Å². The van der Waals surface area contributed by atoms with Crippen LogP contribution in [0.3, 0.4) is 0 Å². The number of hydrogen-bond donors (Lipinski definition) is 1. The highest BCUT2D eigenvalue weighted by molar-refractivity contribution is 5.76. The number of aliphatic carboxylic acids is 1. The maximum Gasteiger partial charge on any atom is 0.312 e. The molecule has 20 heavy (non-hydrogen) atoms. The highest BCUT2D eigenvalue weighted by Crippen LogP contribution is 2.35. The van der Waals surface area contributed by atoms with E-state index in [1.165, 1.54) is 12.1 Å². The van der Waals surface area contributed by atoms with Crippen molar-refractivity contribution in [1.82, 2.24) is 9.78 Å². The molecule has 0 radical (unpaired) electrons. The largest absolute Gasteiger partial charge is 0.481 e. The lowest BCUT2D eigenvalue weighted by molar-refractivity contribution is -0.139. The van der Waals surface area contributed by atoms with Gasteiger partial charge in [-0.05, 0) is 56.0 Å². The highest BCUT2D eigenvalue weighted by atomic mass is 19.1. The van der Waals surface area contributed by atoms with Crippen LogP contribution in [0.25, 0.3) is 5.69 Å². The summed E-state index contributed by atoms with van der Waals surface area (Å²) < 4.78 is 14.7. The number of carboxylic acid groups (broad SMARTS) is 1. The third-order valence-electron chi connectivity index (χ3n) is 3.84. The number of halogens is 1. The Morgan fingerprint density at radius 1 is 1.40 bits per heavy atom. The molecule has 1 aromatic heterocycles. The number of fused-ring (bicyclic) bond motifs is 1. The second kappa shape index (κ2) is 4.74. The zero-order valence-electron chi connectivity index (χ0n) is 11.1. The van der Waals surface area contributed by atoms with Gasteiger partial charge in [0.25, 0.3) is 0 Å². The lowest BCUT2D eigenvalue weighted by atomic mass is 9.86. The van der Waals surface area contributed by atoms with Gasteiger partial charge in [0.1, 0.15) is 5.82 Å². The summed E-state index contributed by atoms with van der Waals surface area (Å²) in [5, 5.41) is 13.9. The summed E-state index contributed by atoms with van der Waals surface area (Å²) in [5.41, 5.74) is 3.32. The Labute approximate surface area is 115 Å². The molecule has 104 valence electrons. The monoisotopic (exact) mass is 274 g/mol. The van der Waals surface area contributed by atoms with E-state index in [4.69, 9.17) is 0 Å². The molecule has 0 bridgehead atoms. The fourth-order valence-electron chi connectivity index (χ4n) is 2.88. The van der Waals surface area contributed by atoms with Crippen molar-refractivity contribution in [3.63, 3.8) is 0 Å². The van der Waals surface area contributed by atoms with Crippen LogP contribution in [0.15, 0.2) is 24.3 Å². The summed E-state index contributed by atoms with van der Waals surface area (Å²) in [4.78, 5) is 11.5. The minimum absolute atomic E-state index is 0.318. The number of nitrogens with zero attached hydrogens (tertiary/aromatic N) is 2. The quantitative estimate of drug-likeness (QED) is 0.916. The van der Waals surface area contributed by atoms with Gasteiger partial charge < -0.3 is 5.11 Å². The summed E-state index contributed by atoms with van der Waals surface area (Å²) in [6.45, 7) is 1.89. The van der Waals surface area contributed by atoms with E-state index >= 15 is 0 Å². The molecule has 0 saturated carbocycles. The van der Waals surface area contributed by atoms with E-state index in [1.807, 2.05) is 6.92 Å². The summed E-state index contributed by atoms with van der Waals surface area (Å²) >= 11 is 0. The van der Waals surface area contributed by atoms with Crippen molar-refractivity contribution < 1.29 is 14.3 Å². The molecule has 0 spiro atoms. The minimum Gasteiger partial charge on any atom is -0.481 e. The van der Waals surface area contributed by atoms with Crippen LogP contribution in [0.5, 0.6) is 0 Å². The molecule has 1 unspecified atom stereocenters. The molecule has 5 heteroatoms. The summed E-state index contributed by atoms with van der Waals surface area (Å²) in [7, 11) is 0. The van der Waals surface area contributed by atoms with E-state index in [9.17, 15) is 14.3 Å². The smallest absolute Gasteiger partial charge is 0.312 e. The molecule has 4 nitrogen and oxygen atoms in total. The van der Waals surface area contributed by atoms with Crippen molar-refractivity contribution in [2.45, 2.75) is 32.1 Å². The molecule has 2 aromatic rings. The Morgan fingerprint density at radius 3 is 2.75 bits per heavy atom. The van der Waals surface area contributed by atoms with Gasteiger partial charge in [0.15, 0.2) is 0 Å². The van der Waals surface area contributed by atoms with Gasteiger partial charge in [0, 0.05) is 0 Å². The number of carbonyl (C=O) groups is 1. The van der Waals surface area contributed by atoms with E-state index in [-0.39, 0.29) is 5.82 Å². The Hall–Kier alpha value is -2.17.